The number of piperidine rings is 1. The SMILES string of the molecule is CCC1(c2nc(C)c(-c3ccc4c(c3)OCCO4)[nH]2)CCN(c2ncnc3[nH]c(C)cc23)CC1. The molecule has 1 aromatic carbocycles. The van der Waals surface area contributed by atoms with Crippen molar-refractivity contribution in [3.63, 3.8) is 0 Å². The van der Waals surface area contributed by atoms with Gasteiger partial charge in [-0.1, -0.05) is 6.92 Å². The van der Waals surface area contributed by atoms with Crippen molar-refractivity contribution in [1.82, 2.24) is 24.9 Å². The molecule has 4 aromatic rings. The molecule has 8 nitrogen and oxygen atoms in total. The maximum Gasteiger partial charge on any atom is 0.162 e. The summed E-state index contributed by atoms with van der Waals surface area (Å²) < 4.78 is 11.5. The van der Waals surface area contributed by atoms with Gasteiger partial charge in [-0.05, 0) is 57.4 Å². The van der Waals surface area contributed by atoms with Crippen molar-refractivity contribution in [3.05, 3.63) is 47.8 Å². The lowest BCUT2D eigenvalue weighted by molar-refractivity contribution is 0.171. The van der Waals surface area contributed by atoms with E-state index in [4.69, 9.17) is 14.5 Å². The van der Waals surface area contributed by atoms with Crippen molar-refractivity contribution in [2.45, 2.75) is 45.4 Å². The van der Waals surface area contributed by atoms with Crippen LogP contribution in [0.25, 0.3) is 22.3 Å². The van der Waals surface area contributed by atoms with Crippen molar-refractivity contribution in [2.24, 2.45) is 0 Å². The molecule has 0 bridgehead atoms. The van der Waals surface area contributed by atoms with E-state index in [1.807, 2.05) is 6.07 Å². The van der Waals surface area contributed by atoms with Crippen LogP contribution in [0.3, 0.4) is 0 Å². The monoisotopic (exact) mass is 458 g/mol. The largest absolute Gasteiger partial charge is 0.486 e. The Hall–Kier alpha value is -3.55. The van der Waals surface area contributed by atoms with Crippen molar-refractivity contribution < 1.29 is 9.47 Å². The van der Waals surface area contributed by atoms with Gasteiger partial charge in [0.2, 0.25) is 0 Å². The maximum atomic E-state index is 5.80. The minimum atomic E-state index is 0.0214. The number of aromatic nitrogens is 5. The van der Waals surface area contributed by atoms with Crippen LogP contribution in [-0.2, 0) is 5.41 Å². The van der Waals surface area contributed by atoms with Crippen LogP contribution < -0.4 is 14.4 Å². The van der Waals surface area contributed by atoms with Gasteiger partial charge in [0.1, 0.15) is 36.8 Å². The molecule has 1 fully saturated rings. The summed E-state index contributed by atoms with van der Waals surface area (Å²) >= 11 is 0. The summed E-state index contributed by atoms with van der Waals surface area (Å²) in [7, 11) is 0. The molecule has 0 atom stereocenters. The highest BCUT2D eigenvalue weighted by Crippen LogP contribution is 2.41. The second kappa shape index (κ2) is 8.04. The number of hydrogen-bond acceptors (Lipinski definition) is 6. The number of aromatic amines is 2. The Morgan fingerprint density at radius 1 is 1.00 bits per heavy atom. The van der Waals surface area contributed by atoms with Gasteiger partial charge < -0.3 is 24.3 Å². The molecule has 176 valence electrons. The Morgan fingerprint density at radius 3 is 2.59 bits per heavy atom. The summed E-state index contributed by atoms with van der Waals surface area (Å²) in [5.41, 5.74) is 5.18. The van der Waals surface area contributed by atoms with E-state index in [2.05, 4.69) is 63.8 Å². The van der Waals surface area contributed by atoms with Gasteiger partial charge in [0, 0.05) is 29.8 Å². The predicted octanol–water partition coefficient (Wildman–Crippen LogP) is 4.68. The third-order valence-corrected chi connectivity index (χ3v) is 7.45. The van der Waals surface area contributed by atoms with Crippen LogP contribution in [0, 0.1) is 13.8 Å². The zero-order valence-corrected chi connectivity index (χ0v) is 19.9. The Labute approximate surface area is 198 Å². The molecular formula is C26H30N6O2. The fourth-order valence-corrected chi connectivity index (χ4v) is 5.41. The molecule has 34 heavy (non-hydrogen) atoms. The lowest BCUT2D eigenvalue weighted by Gasteiger charge is -2.40. The fraction of sp³-hybridized carbons (Fsp3) is 0.423. The van der Waals surface area contributed by atoms with Crippen LogP contribution in [0.4, 0.5) is 5.82 Å². The van der Waals surface area contributed by atoms with Gasteiger partial charge in [0.05, 0.1) is 16.8 Å². The first-order valence-corrected chi connectivity index (χ1v) is 12.1. The molecule has 1 saturated heterocycles. The molecule has 2 aliphatic rings. The molecule has 2 N–H and O–H groups in total. The predicted molar refractivity (Wildman–Crippen MR) is 132 cm³/mol. The molecule has 8 heteroatoms. The van der Waals surface area contributed by atoms with Crippen LogP contribution in [0.1, 0.15) is 43.4 Å². The summed E-state index contributed by atoms with van der Waals surface area (Å²) in [5.74, 6) is 3.71. The van der Waals surface area contributed by atoms with Crippen molar-refractivity contribution in [2.75, 3.05) is 31.2 Å². The number of nitrogens with zero attached hydrogens (tertiary/aromatic N) is 4. The van der Waals surface area contributed by atoms with Gasteiger partial charge >= 0.3 is 0 Å². The van der Waals surface area contributed by atoms with Gasteiger partial charge in [-0.2, -0.15) is 0 Å². The number of aryl methyl sites for hydroxylation is 2. The standard InChI is InChI=1S/C26H30N6O2/c1-4-26(7-9-32(10-8-26)24-19-13-16(2)29-23(19)27-15-28-24)25-30-17(3)22(31-25)18-5-6-20-21(14-18)34-12-11-33-20/h5-6,13-15H,4,7-12H2,1-3H3,(H,30,31)(H,27,28,29). The number of ether oxygens (including phenoxy) is 2. The van der Waals surface area contributed by atoms with E-state index >= 15 is 0 Å². The molecule has 0 aliphatic carbocycles. The van der Waals surface area contributed by atoms with E-state index in [1.54, 1.807) is 6.33 Å². The Kier molecular flexibility index (Phi) is 4.97. The van der Waals surface area contributed by atoms with Gasteiger partial charge in [-0.3, -0.25) is 0 Å². The molecule has 0 saturated carbocycles. The van der Waals surface area contributed by atoms with E-state index in [-0.39, 0.29) is 5.41 Å². The van der Waals surface area contributed by atoms with Crippen molar-refractivity contribution >= 4 is 16.9 Å². The van der Waals surface area contributed by atoms with E-state index in [0.717, 1.165) is 89.2 Å². The van der Waals surface area contributed by atoms with Gasteiger partial charge in [-0.15, -0.1) is 0 Å². The lowest BCUT2D eigenvalue weighted by atomic mass is 9.75. The van der Waals surface area contributed by atoms with Crippen LogP contribution in [0.2, 0.25) is 0 Å². The van der Waals surface area contributed by atoms with E-state index < -0.39 is 0 Å². The second-order valence-corrected chi connectivity index (χ2v) is 9.44. The van der Waals surface area contributed by atoms with Gasteiger partial charge in [0.25, 0.3) is 0 Å². The number of benzene rings is 1. The molecule has 3 aromatic heterocycles. The molecule has 0 radical (unpaired) electrons. The van der Waals surface area contributed by atoms with Crippen LogP contribution >= 0.6 is 0 Å². The topological polar surface area (TPSA) is 91.9 Å². The molecular weight excluding hydrogens is 428 g/mol. The minimum Gasteiger partial charge on any atom is -0.486 e. The summed E-state index contributed by atoms with van der Waals surface area (Å²) in [5, 5.41) is 1.10. The van der Waals surface area contributed by atoms with Gasteiger partial charge in [-0.25, -0.2) is 15.0 Å². The Balaban J connectivity index is 1.27. The molecule has 0 unspecified atom stereocenters. The van der Waals surface area contributed by atoms with E-state index in [1.165, 1.54) is 0 Å². The molecule has 0 spiro atoms. The average Bonchev–Trinajstić information content (AvgIpc) is 3.45. The fourth-order valence-electron chi connectivity index (χ4n) is 5.41. The van der Waals surface area contributed by atoms with Crippen molar-refractivity contribution in [1.29, 1.82) is 0 Å². The average molecular weight is 459 g/mol. The summed E-state index contributed by atoms with van der Waals surface area (Å²) in [6.07, 6.45) is 4.74. The summed E-state index contributed by atoms with van der Waals surface area (Å²) in [4.78, 5) is 23.5. The molecule has 6 rings (SSSR count). The molecule has 0 amide bonds. The van der Waals surface area contributed by atoms with Gasteiger partial charge in [0.15, 0.2) is 11.5 Å². The van der Waals surface area contributed by atoms with Crippen molar-refractivity contribution in [3.8, 4) is 22.8 Å². The lowest BCUT2D eigenvalue weighted by Crippen LogP contribution is -2.43. The maximum absolute atomic E-state index is 5.80. The molecule has 2 aliphatic heterocycles. The highest BCUT2D eigenvalue weighted by atomic mass is 16.6. The number of rotatable bonds is 4. The Bertz CT molecular complexity index is 1350. The zero-order chi connectivity index (χ0) is 23.3. The first-order chi connectivity index (χ1) is 16.6. The third kappa shape index (κ3) is 3.40. The zero-order valence-electron chi connectivity index (χ0n) is 19.9. The number of anilines is 1. The first kappa shape index (κ1) is 21.0. The third-order valence-electron chi connectivity index (χ3n) is 7.45. The number of H-pyrrole nitrogens is 2. The van der Waals surface area contributed by atoms with Crippen LogP contribution in [0.15, 0.2) is 30.6 Å². The number of fused-ring (bicyclic) bond motifs is 2. The highest BCUT2D eigenvalue weighted by molar-refractivity contribution is 5.88. The quantitative estimate of drug-likeness (QED) is 0.461. The van der Waals surface area contributed by atoms with Crippen LogP contribution in [-0.4, -0.2) is 51.2 Å². The first-order valence-electron chi connectivity index (χ1n) is 12.1. The molecule has 5 heterocycles. The Morgan fingerprint density at radius 2 is 1.79 bits per heavy atom. The second-order valence-electron chi connectivity index (χ2n) is 9.44. The number of nitrogens with one attached hydrogen (secondary N) is 2. The minimum absolute atomic E-state index is 0.0214. The number of hydrogen-bond donors (Lipinski definition) is 2. The van der Waals surface area contributed by atoms with E-state index in [9.17, 15) is 0 Å². The summed E-state index contributed by atoms with van der Waals surface area (Å²) in [6, 6.07) is 8.27. The van der Waals surface area contributed by atoms with E-state index in [0.29, 0.717) is 13.2 Å². The van der Waals surface area contributed by atoms with Crippen LogP contribution in [0.5, 0.6) is 11.5 Å². The smallest absolute Gasteiger partial charge is 0.162 e. The normalized spacial score (nSPS) is 17.3. The summed E-state index contributed by atoms with van der Waals surface area (Å²) in [6.45, 7) is 9.46. The number of imidazole rings is 1. The highest BCUT2D eigenvalue weighted by Gasteiger charge is 2.38.